The topological polar surface area (TPSA) is 17.8 Å². The molecule has 0 fully saturated rings. The molecule has 0 aliphatic heterocycles. The van der Waals surface area contributed by atoms with Crippen molar-refractivity contribution in [3.63, 3.8) is 0 Å². The van der Waals surface area contributed by atoms with E-state index in [1.807, 2.05) is 12.5 Å². The average Bonchev–Trinajstić information content (AvgIpc) is 2.92. The highest BCUT2D eigenvalue weighted by Gasteiger charge is 2.01. The molecule has 2 nitrogen and oxygen atoms in total. The van der Waals surface area contributed by atoms with Gasteiger partial charge >= 0.3 is 0 Å². The van der Waals surface area contributed by atoms with Gasteiger partial charge in [0.15, 0.2) is 0 Å². The second kappa shape index (κ2) is 7.82. The molecule has 1 aromatic heterocycles. The Kier molecular flexibility index (Phi) is 5.79. The standard InChI is InChI=1S/C19H26N2/c1-4-21-15-20-14-18(21)12-7-5-6-8-13-19-16(2)10-9-11-17(19)3/h7,9-12,14-15H,4-6,8,13H2,1-3H3. The van der Waals surface area contributed by atoms with E-state index in [0.717, 1.165) is 13.0 Å². The van der Waals surface area contributed by atoms with E-state index in [-0.39, 0.29) is 0 Å². The summed E-state index contributed by atoms with van der Waals surface area (Å²) in [7, 11) is 0. The second-order valence-electron chi connectivity index (χ2n) is 5.62. The van der Waals surface area contributed by atoms with E-state index in [4.69, 9.17) is 0 Å². The number of aryl methyl sites for hydroxylation is 3. The average molecular weight is 282 g/mol. The molecule has 0 bridgehead atoms. The quantitative estimate of drug-likeness (QED) is 0.657. The van der Waals surface area contributed by atoms with Crippen molar-refractivity contribution < 1.29 is 0 Å². The Morgan fingerprint density at radius 3 is 2.62 bits per heavy atom. The minimum absolute atomic E-state index is 0.978. The lowest BCUT2D eigenvalue weighted by molar-refractivity contribution is 0.740. The van der Waals surface area contributed by atoms with Gasteiger partial charge < -0.3 is 4.57 Å². The summed E-state index contributed by atoms with van der Waals surface area (Å²) in [6.45, 7) is 7.55. The van der Waals surface area contributed by atoms with Crippen molar-refractivity contribution in [3.8, 4) is 0 Å². The Labute approximate surface area is 128 Å². The lowest BCUT2D eigenvalue weighted by Crippen LogP contribution is -1.94. The minimum Gasteiger partial charge on any atom is -0.331 e. The van der Waals surface area contributed by atoms with Gasteiger partial charge in [-0.3, -0.25) is 0 Å². The smallest absolute Gasteiger partial charge is 0.0950 e. The Balaban J connectivity index is 1.75. The summed E-state index contributed by atoms with van der Waals surface area (Å²) >= 11 is 0. The molecule has 0 saturated carbocycles. The van der Waals surface area contributed by atoms with Crippen LogP contribution in [0.5, 0.6) is 0 Å². The summed E-state index contributed by atoms with van der Waals surface area (Å²) < 4.78 is 2.16. The maximum absolute atomic E-state index is 4.18. The predicted octanol–water partition coefficient (Wildman–Crippen LogP) is 4.95. The van der Waals surface area contributed by atoms with Crippen LogP contribution in [0, 0.1) is 13.8 Å². The molecule has 21 heavy (non-hydrogen) atoms. The van der Waals surface area contributed by atoms with Gasteiger partial charge in [-0.1, -0.05) is 24.3 Å². The third kappa shape index (κ3) is 4.32. The summed E-state index contributed by atoms with van der Waals surface area (Å²) in [5.74, 6) is 0. The maximum Gasteiger partial charge on any atom is 0.0950 e. The molecule has 0 atom stereocenters. The fourth-order valence-corrected chi connectivity index (χ4v) is 2.75. The van der Waals surface area contributed by atoms with Crippen LogP contribution >= 0.6 is 0 Å². The molecule has 2 aromatic rings. The number of allylic oxidation sites excluding steroid dienone is 1. The molecule has 0 N–H and O–H groups in total. The number of hydrogen-bond acceptors (Lipinski definition) is 1. The first-order valence-electron chi connectivity index (χ1n) is 7.94. The number of benzene rings is 1. The Morgan fingerprint density at radius 2 is 1.90 bits per heavy atom. The molecule has 0 aliphatic rings. The lowest BCUT2D eigenvalue weighted by Gasteiger charge is -2.08. The van der Waals surface area contributed by atoms with Crippen LogP contribution in [0.3, 0.4) is 0 Å². The Morgan fingerprint density at radius 1 is 1.14 bits per heavy atom. The maximum atomic E-state index is 4.18. The van der Waals surface area contributed by atoms with Gasteiger partial charge in [-0.05, 0) is 69.2 Å². The summed E-state index contributed by atoms with van der Waals surface area (Å²) in [6.07, 6.45) is 13.1. The monoisotopic (exact) mass is 282 g/mol. The molecule has 112 valence electrons. The van der Waals surface area contributed by atoms with Gasteiger partial charge in [0, 0.05) is 6.54 Å². The number of rotatable bonds is 7. The van der Waals surface area contributed by atoms with E-state index < -0.39 is 0 Å². The number of unbranched alkanes of at least 4 members (excludes halogenated alkanes) is 2. The largest absolute Gasteiger partial charge is 0.331 e. The predicted molar refractivity (Wildman–Crippen MR) is 90.4 cm³/mol. The first kappa shape index (κ1) is 15.6. The first-order chi connectivity index (χ1) is 10.2. The number of aromatic nitrogens is 2. The van der Waals surface area contributed by atoms with Crippen molar-refractivity contribution in [2.45, 2.75) is 53.0 Å². The van der Waals surface area contributed by atoms with E-state index in [1.54, 1.807) is 0 Å². The van der Waals surface area contributed by atoms with E-state index in [0.29, 0.717) is 0 Å². The molecule has 0 amide bonds. The highest BCUT2D eigenvalue weighted by Crippen LogP contribution is 2.16. The van der Waals surface area contributed by atoms with Gasteiger partial charge in [0.25, 0.3) is 0 Å². The summed E-state index contributed by atoms with van der Waals surface area (Å²) in [5.41, 5.74) is 5.59. The zero-order valence-corrected chi connectivity index (χ0v) is 13.5. The van der Waals surface area contributed by atoms with Gasteiger partial charge in [-0.15, -0.1) is 0 Å². The van der Waals surface area contributed by atoms with Crippen LogP contribution in [-0.4, -0.2) is 9.55 Å². The highest BCUT2D eigenvalue weighted by atomic mass is 15.0. The molecular weight excluding hydrogens is 256 g/mol. The van der Waals surface area contributed by atoms with E-state index in [2.05, 4.69) is 60.7 Å². The summed E-state index contributed by atoms with van der Waals surface area (Å²) in [4.78, 5) is 4.18. The van der Waals surface area contributed by atoms with E-state index in [1.165, 1.54) is 41.6 Å². The number of imidazole rings is 1. The van der Waals surface area contributed by atoms with Gasteiger partial charge in [0.05, 0.1) is 18.2 Å². The molecule has 1 aromatic carbocycles. The van der Waals surface area contributed by atoms with Crippen molar-refractivity contribution in [2.75, 3.05) is 0 Å². The number of hydrogen-bond donors (Lipinski definition) is 0. The van der Waals surface area contributed by atoms with Crippen LogP contribution in [0.2, 0.25) is 0 Å². The Bertz CT molecular complexity index is 573. The molecule has 0 unspecified atom stereocenters. The van der Waals surface area contributed by atoms with Crippen molar-refractivity contribution in [3.05, 3.63) is 59.2 Å². The number of nitrogens with zero attached hydrogens (tertiary/aromatic N) is 2. The first-order valence-corrected chi connectivity index (χ1v) is 7.94. The SMILES string of the molecule is CCn1cncc1C=CCCCCc1c(C)cccc1C. The zero-order chi connectivity index (χ0) is 15.1. The normalized spacial score (nSPS) is 11.4. The van der Waals surface area contributed by atoms with Gasteiger partial charge in [0.1, 0.15) is 0 Å². The van der Waals surface area contributed by atoms with Crippen LogP contribution in [0.25, 0.3) is 6.08 Å². The second-order valence-corrected chi connectivity index (χ2v) is 5.62. The molecule has 1 heterocycles. The zero-order valence-electron chi connectivity index (χ0n) is 13.5. The van der Waals surface area contributed by atoms with E-state index >= 15 is 0 Å². The van der Waals surface area contributed by atoms with E-state index in [9.17, 15) is 0 Å². The van der Waals surface area contributed by atoms with Crippen LogP contribution in [0.15, 0.2) is 36.8 Å². The summed E-state index contributed by atoms with van der Waals surface area (Å²) in [5, 5.41) is 0. The van der Waals surface area contributed by atoms with Gasteiger partial charge in [0.2, 0.25) is 0 Å². The van der Waals surface area contributed by atoms with Crippen LogP contribution in [-0.2, 0) is 13.0 Å². The van der Waals surface area contributed by atoms with Crippen molar-refractivity contribution in [2.24, 2.45) is 0 Å². The van der Waals surface area contributed by atoms with Crippen LogP contribution in [0.1, 0.15) is 48.6 Å². The van der Waals surface area contributed by atoms with Crippen LogP contribution < -0.4 is 0 Å². The van der Waals surface area contributed by atoms with Crippen molar-refractivity contribution in [1.29, 1.82) is 0 Å². The molecule has 0 saturated heterocycles. The van der Waals surface area contributed by atoms with Crippen molar-refractivity contribution >= 4 is 6.08 Å². The van der Waals surface area contributed by atoms with Crippen molar-refractivity contribution in [1.82, 2.24) is 9.55 Å². The highest BCUT2D eigenvalue weighted by molar-refractivity contribution is 5.43. The fraction of sp³-hybridized carbons (Fsp3) is 0.421. The minimum atomic E-state index is 0.978. The van der Waals surface area contributed by atoms with Gasteiger partial charge in [-0.2, -0.15) is 0 Å². The molecule has 2 heteroatoms. The molecule has 2 rings (SSSR count). The molecule has 0 spiro atoms. The van der Waals surface area contributed by atoms with Crippen LogP contribution in [0.4, 0.5) is 0 Å². The molecule has 0 aliphatic carbocycles. The molecular formula is C19H26N2. The summed E-state index contributed by atoms with van der Waals surface area (Å²) in [6, 6.07) is 6.58. The van der Waals surface area contributed by atoms with Gasteiger partial charge in [-0.25, -0.2) is 4.98 Å². The lowest BCUT2D eigenvalue weighted by atomic mass is 9.97. The molecule has 0 radical (unpaired) electrons. The third-order valence-corrected chi connectivity index (χ3v) is 4.07. The Hall–Kier alpha value is -1.83. The third-order valence-electron chi connectivity index (χ3n) is 4.07. The fourth-order valence-electron chi connectivity index (χ4n) is 2.75.